The van der Waals surface area contributed by atoms with E-state index in [4.69, 9.17) is 9.47 Å². The molecular formula is C14H14N4O4S. The van der Waals surface area contributed by atoms with Crippen LogP contribution in [0.3, 0.4) is 0 Å². The van der Waals surface area contributed by atoms with Crippen molar-refractivity contribution in [2.24, 2.45) is 0 Å². The Morgan fingerprint density at radius 2 is 2.30 bits per heavy atom. The van der Waals surface area contributed by atoms with Gasteiger partial charge in [-0.1, -0.05) is 0 Å². The minimum absolute atomic E-state index is 0.0943. The monoisotopic (exact) mass is 334 g/mol. The number of methoxy groups -OCH3 is 1. The Bertz CT molecular complexity index is 911. The molecule has 0 atom stereocenters. The first-order valence-electron chi connectivity index (χ1n) is 6.81. The lowest BCUT2D eigenvalue weighted by Gasteiger charge is -2.05. The van der Waals surface area contributed by atoms with E-state index in [1.54, 1.807) is 18.4 Å². The summed E-state index contributed by atoms with van der Waals surface area (Å²) in [5.74, 6) is 0.496. The molecule has 3 aromatic rings. The maximum Gasteiger partial charge on any atom is 0.348 e. The first kappa shape index (κ1) is 15.2. The van der Waals surface area contributed by atoms with Crippen LogP contribution in [0.15, 0.2) is 22.6 Å². The molecule has 0 radical (unpaired) electrons. The van der Waals surface area contributed by atoms with E-state index in [9.17, 15) is 9.59 Å². The fourth-order valence-corrected chi connectivity index (χ4v) is 2.88. The zero-order chi connectivity index (χ0) is 16.4. The summed E-state index contributed by atoms with van der Waals surface area (Å²) in [5.41, 5.74) is 0.832. The maximum absolute atomic E-state index is 12.3. The van der Waals surface area contributed by atoms with Gasteiger partial charge >= 0.3 is 5.97 Å². The van der Waals surface area contributed by atoms with Gasteiger partial charge in [0.1, 0.15) is 17.0 Å². The van der Waals surface area contributed by atoms with Crippen LogP contribution >= 0.6 is 11.3 Å². The first-order valence-corrected chi connectivity index (χ1v) is 7.69. The van der Waals surface area contributed by atoms with Gasteiger partial charge in [0.2, 0.25) is 0 Å². The van der Waals surface area contributed by atoms with Gasteiger partial charge in [0.25, 0.3) is 11.3 Å². The Morgan fingerprint density at radius 1 is 1.48 bits per heavy atom. The number of aromatic nitrogens is 4. The van der Waals surface area contributed by atoms with Crippen molar-refractivity contribution in [2.45, 2.75) is 13.3 Å². The van der Waals surface area contributed by atoms with Crippen molar-refractivity contribution in [3.8, 4) is 5.75 Å². The summed E-state index contributed by atoms with van der Waals surface area (Å²) in [7, 11) is 1.53. The number of hydrogen-bond donors (Lipinski definition) is 1. The number of nitrogens with one attached hydrogen (secondary N) is 1. The van der Waals surface area contributed by atoms with Crippen LogP contribution in [0.2, 0.25) is 0 Å². The van der Waals surface area contributed by atoms with E-state index < -0.39 is 5.97 Å². The fraction of sp³-hybridized carbons (Fsp3) is 0.286. The highest BCUT2D eigenvalue weighted by Gasteiger charge is 2.14. The van der Waals surface area contributed by atoms with Crippen molar-refractivity contribution in [3.05, 3.63) is 44.3 Å². The predicted octanol–water partition coefficient (Wildman–Crippen LogP) is 1.20. The highest BCUT2D eigenvalue weighted by atomic mass is 32.1. The van der Waals surface area contributed by atoms with E-state index in [0.717, 1.165) is 0 Å². The quantitative estimate of drug-likeness (QED) is 0.704. The molecule has 0 bridgehead atoms. The average Bonchev–Trinajstić information content (AvgIpc) is 3.18. The Kier molecular flexibility index (Phi) is 4.11. The molecule has 0 aliphatic rings. The molecule has 0 aliphatic carbocycles. The third kappa shape index (κ3) is 2.95. The number of hydrogen-bond acceptors (Lipinski definition) is 7. The van der Waals surface area contributed by atoms with E-state index >= 15 is 0 Å². The van der Waals surface area contributed by atoms with Crippen molar-refractivity contribution in [2.75, 3.05) is 13.7 Å². The highest BCUT2D eigenvalue weighted by Crippen LogP contribution is 2.21. The normalized spacial score (nSPS) is 10.9. The molecule has 9 heteroatoms. The third-order valence-corrected chi connectivity index (χ3v) is 4.22. The zero-order valence-electron chi connectivity index (χ0n) is 12.5. The molecule has 0 saturated carbocycles. The number of carbonyl (C=O) groups is 1. The molecular weight excluding hydrogens is 320 g/mol. The van der Waals surface area contributed by atoms with Gasteiger partial charge in [-0.25, -0.2) is 14.8 Å². The number of nitrogens with zero attached hydrogens (tertiary/aromatic N) is 3. The second-order valence-corrected chi connectivity index (χ2v) is 5.65. The average molecular weight is 334 g/mol. The molecule has 3 heterocycles. The smallest absolute Gasteiger partial charge is 0.348 e. The second kappa shape index (κ2) is 6.21. The molecule has 0 aromatic carbocycles. The van der Waals surface area contributed by atoms with Crippen LogP contribution in [0.25, 0.3) is 5.78 Å². The minimum atomic E-state index is -0.438. The molecule has 120 valence electrons. The van der Waals surface area contributed by atoms with Crippen molar-refractivity contribution in [1.82, 2.24) is 19.6 Å². The Labute approximate surface area is 134 Å². The van der Waals surface area contributed by atoms with Crippen LogP contribution in [0.1, 0.15) is 20.9 Å². The van der Waals surface area contributed by atoms with Crippen LogP contribution in [0, 0.1) is 6.92 Å². The number of thiophene rings is 1. The Morgan fingerprint density at radius 3 is 3.04 bits per heavy atom. The molecule has 3 aromatic heterocycles. The van der Waals surface area contributed by atoms with Gasteiger partial charge in [0, 0.05) is 23.4 Å². The summed E-state index contributed by atoms with van der Waals surface area (Å²) < 4.78 is 11.5. The predicted molar refractivity (Wildman–Crippen MR) is 83.2 cm³/mol. The fourth-order valence-electron chi connectivity index (χ4n) is 2.13. The Balaban J connectivity index is 1.69. The number of rotatable bonds is 5. The maximum atomic E-state index is 12.3. The summed E-state index contributed by atoms with van der Waals surface area (Å²) in [5, 5.41) is 4.43. The number of H-pyrrole nitrogens is 1. The molecule has 0 saturated heterocycles. The molecule has 0 amide bonds. The molecule has 1 N–H and O–H groups in total. The second-order valence-electron chi connectivity index (χ2n) is 4.74. The van der Waals surface area contributed by atoms with Crippen LogP contribution in [0.5, 0.6) is 5.75 Å². The van der Waals surface area contributed by atoms with Gasteiger partial charge in [-0.15, -0.1) is 11.3 Å². The van der Waals surface area contributed by atoms with Crippen molar-refractivity contribution in [1.29, 1.82) is 0 Å². The molecule has 0 aliphatic heterocycles. The van der Waals surface area contributed by atoms with Crippen molar-refractivity contribution in [3.63, 3.8) is 0 Å². The van der Waals surface area contributed by atoms with E-state index in [-0.39, 0.29) is 18.6 Å². The topological polar surface area (TPSA) is 98.6 Å². The Hall–Kier alpha value is -2.68. The lowest BCUT2D eigenvalue weighted by molar-refractivity contribution is 0.0514. The van der Waals surface area contributed by atoms with E-state index in [0.29, 0.717) is 27.7 Å². The van der Waals surface area contributed by atoms with Gasteiger partial charge in [0.05, 0.1) is 19.4 Å². The van der Waals surface area contributed by atoms with Crippen LogP contribution in [0.4, 0.5) is 0 Å². The third-order valence-electron chi connectivity index (χ3n) is 3.33. The molecule has 23 heavy (non-hydrogen) atoms. The zero-order valence-corrected chi connectivity index (χ0v) is 13.3. The first-order chi connectivity index (χ1) is 11.1. The number of ether oxygens (including phenoxy) is 2. The summed E-state index contributed by atoms with van der Waals surface area (Å²) in [4.78, 5) is 32.8. The summed E-state index contributed by atoms with van der Waals surface area (Å²) >= 11 is 1.25. The van der Waals surface area contributed by atoms with Crippen molar-refractivity contribution >= 4 is 23.1 Å². The van der Waals surface area contributed by atoms with Crippen LogP contribution in [-0.4, -0.2) is 39.3 Å². The summed E-state index contributed by atoms with van der Waals surface area (Å²) in [6, 6.07) is 1.62. The molecule has 0 fully saturated rings. The van der Waals surface area contributed by atoms with Crippen LogP contribution < -0.4 is 10.3 Å². The number of carbonyl (C=O) groups excluding carboxylic acids is 1. The van der Waals surface area contributed by atoms with Gasteiger partial charge in [0.15, 0.2) is 0 Å². The molecule has 3 rings (SSSR count). The highest BCUT2D eigenvalue weighted by molar-refractivity contribution is 7.12. The van der Waals surface area contributed by atoms with Gasteiger partial charge in [-0.2, -0.15) is 4.52 Å². The number of fused-ring (bicyclic) bond motifs is 1. The lowest BCUT2D eigenvalue weighted by Crippen LogP contribution is -2.23. The van der Waals surface area contributed by atoms with E-state index in [1.807, 2.05) is 0 Å². The molecule has 0 spiro atoms. The lowest BCUT2D eigenvalue weighted by atomic mass is 10.2. The van der Waals surface area contributed by atoms with Gasteiger partial charge in [-0.05, 0) is 6.92 Å². The number of aryl methyl sites for hydroxylation is 1. The standard InChI is InChI=1S/C14H14N4O4S/c1-8-10(12(19)18-14(17-8)15-7-16-18)3-4-22-13(20)11-5-9(21-2)6-23-11/h5-7H,3-4H2,1-2H3,(H,15,16,17). The van der Waals surface area contributed by atoms with E-state index in [2.05, 4.69) is 15.1 Å². The summed E-state index contributed by atoms with van der Waals surface area (Å²) in [6.45, 7) is 1.83. The molecule has 8 nitrogen and oxygen atoms in total. The number of esters is 1. The van der Waals surface area contributed by atoms with Crippen LogP contribution in [-0.2, 0) is 11.2 Å². The largest absolute Gasteiger partial charge is 0.496 e. The van der Waals surface area contributed by atoms with Crippen molar-refractivity contribution < 1.29 is 14.3 Å². The number of aromatic amines is 1. The summed E-state index contributed by atoms with van der Waals surface area (Å²) in [6.07, 6.45) is 1.69. The van der Waals surface area contributed by atoms with E-state index in [1.165, 1.54) is 29.3 Å². The SMILES string of the molecule is COc1csc(C(=O)OCCc2c(C)nc3nc[nH]n3c2=O)c1. The van der Waals surface area contributed by atoms with Gasteiger partial charge in [-0.3, -0.25) is 9.89 Å². The van der Waals surface area contributed by atoms with Gasteiger partial charge < -0.3 is 9.47 Å². The molecule has 0 unspecified atom stereocenters. The minimum Gasteiger partial charge on any atom is -0.496 e.